The van der Waals surface area contributed by atoms with E-state index in [9.17, 15) is 0 Å². The molecule has 2 nitrogen and oxygen atoms in total. The van der Waals surface area contributed by atoms with E-state index in [4.69, 9.17) is 11.0 Å². The van der Waals surface area contributed by atoms with Crippen LogP contribution >= 0.6 is 0 Å². The SMILES string of the molecule is CC(C#N)c1ccc(N)cc1. The maximum absolute atomic E-state index is 8.58. The van der Waals surface area contributed by atoms with Gasteiger partial charge in [-0.15, -0.1) is 0 Å². The molecule has 0 aliphatic rings. The Morgan fingerprint density at radius 2 is 1.91 bits per heavy atom. The van der Waals surface area contributed by atoms with Crippen molar-refractivity contribution in [1.29, 1.82) is 5.26 Å². The fourth-order valence-corrected chi connectivity index (χ4v) is 0.859. The number of rotatable bonds is 1. The van der Waals surface area contributed by atoms with Gasteiger partial charge in [-0.2, -0.15) is 5.26 Å². The quantitative estimate of drug-likeness (QED) is 0.615. The molecular weight excluding hydrogens is 136 g/mol. The van der Waals surface area contributed by atoms with Crippen molar-refractivity contribution in [1.82, 2.24) is 0 Å². The van der Waals surface area contributed by atoms with Crippen molar-refractivity contribution in [3.8, 4) is 6.07 Å². The topological polar surface area (TPSA) is 49.8 Å². The summed E-state index contributed by atoms with van der Waals surface area (Å²) in [4.78, 5) is 0. The van der Waals surface area contributed by atoms with E-state index in [-0.39, 0.29) is 5.92 Å². The monoisotopic (exact) mass is 146 g/mol. The van der Waals surface area contributed by atoms with Gasteiger partial charge in [-0.05, 0) is 24.6 Å². The Balaban J connectivity index is 2.92. The van der Waals surface area contributed by atoms with Gasteiger partial charge in [0, 0.05) is 5.69 Å². The van der Waals surface area contributed by atoms with Crippen LogP contribution in [-0.2, 0) is 0 Å². The molecule has 11 heavy (non-hydrogen) atoms. The molecule has 0 fully saturated rings. The molecule has 1 rings (SSSR count). The van der Waals surface area contributed by atoms with Crippen LogP contribution in [-0.4, -0.2) is 0 Å². The van der Waals surface area contributed by atoms with Gasteiger partial charge in [-0.1, -0.05) is 12.1 Å². The summed E-state index contributed by atoms with van der Waals surface area (Å²) in [6, 6.07) is 9.53. The van der Waals surface area contributed by atoms with Gasteiger partial charge >= 0.3 is 0 Å². The van der Waals surface area contributed by atoms with E-state index >= 15 is 0 Å². The molecule has 0 aliphatic carbocycles. The van der Waals surface area contributed by atoms with Gasteiger partial charge < -0.3 is 5.73 Å². The highest BCUT2D eigenvalue weighted by atomic mass is 14.5. The first-order valence-corrected chi connectivity index (χ1v) is 3.49. The van der Waals surface area contributed by atoms with E-state index in [0.717, 1.165) is 11.3 Å². The van der Waals surface area contributed by atoms with E-state index in [2.05, 4.69) is 6.07 Å². The molecule has 1 atom stereocenters. The third kappa shape index (κ3) is 1.71. The number of anilines is 1. The fourth-order valence-electron chi connectivity index (χ4n) is 0.859. The number of benzene rings is 1. The molecule has 1 unspecified atom stereocenters. The Bertz CT molecular complexity index is 269. The highest BCUT2D eigenvalue weighted by Gasteiger charge is 2.01. The second-order valence-corrected chi connectivity index (χ2v) is 2.52. The number of nitrogen functional groups attached to an aromatic ring is 1. The van der Waals surface area contributed by atoms with Crippen molar-refractivity contribution in [2.75, 3.05) is 5.73 Å². The zero-order valence-electron chi connectivity index (χ0n) is 6.41. The lowest BCUT2D eigenvalue weighted by molar-refractivity contribution is 0.982. The minimum Gasteiger partial charge on any atom is -0.399 e. The smallest absolute Gasteiger partial charge is 0.0700 e. The summed E-state index contributed by atoms with van der Waals surface area (Å²) < 4.78 is 0. The van der Waals surface area contributed by atoms with Crippen molar-refractivity contribution >= 4 is 5.69 Å². The van der Waals surface area contributed by atoms with Crippen LogP contribution in [0.4, 0.5) is 5.69 Å². The Labute approximate surface area is 66.3 Å². The van der Waals surface area contributed by atoms with Crippen molar-refractivity contribution in [2.24, 2.45) is 0 Å². The highest BCUT2D eigenvalue weighted by Crippen LogP contribution is 2.14. The van der Waals surface area contributed by atoms with Crippen LogP contribution in [0.25, 0.3) is 0 Å². The summed E-state index contributed by atoms with van der Waals surface area (Å²) in [5.74, 6) is -0.0457. The van der Waals surface area contributed by atoms with Crippen molar-refractivity contribution in [3.63, 3.8) is 0 Å². The van der Waals surface area contributed by atoms with Crippen LogP contribution < -0.4 is 5.73 Å². The second kappa shape index (κ2) is 3.07. The summed E-state index contributed by atoms with van der Waals surface area (Å²) in [5.41, 5.74) is 7.24. The molecule has 0 aromatic heterocycles. The molecule has 0 heterocycles. The van der Waals surface area contributed by atoms with Crippen LogP contribution in [0.15, 0.2) is 24.3 Å². The van der Waals surface area contributed by atoms with Gasteiger partial charge in [0.1, 0.15) is 0 Å². The Morgan fingerprint density at radius 3 is 2.36 bits per heavy atom. The minimum atomic E-state index is -0.0457. The van der Waals surface area contributed by atoms with Crippen LogP contribution in [0.2, 0.25) is 0 Å². The molecule has 1 aromatic carbocycles. The normalized spacial score (nSPS) is 12.0. The third-order valence-electron chi connectivity index (χ3n) is 1.63. The zero-order chi connectivity index (χ0) is 8.27. The number of hydrogen-bond acceptors (Lipinski definition) is 2. The zero-order valence-corrected chi connectivity index (χ0v) is 6.41. The minimum absolute atomic E-state index is 0.0457. The fraction of sp³-hybridized carbons (Fsp3) is 0.222. The predicted molar refractivity (Wildman–Crippen MR) is 44.9 cm³/mol. The first-order valence-electron chi connectivity index (χ1n) is 3.49. The molecule has 2 N–H and O–H groups in total. The molecule has 2 heteroatoms. The van der Waals surface area contributed by atoms with Crippen molar-refractivity contribution in [3.05, 3.63) is 29.8 Å². The van der Waals surface area contributed by atoms with Gasteiger partial charge in [0.25, 0.3) is 0 Å². The Hall–Kier alpha value is -1.49. The summed E-state index contributed by atoms with van der Waals surface area (Å²) >= 11 is 0. The molecule has 0 radical (unpaired) electrons. The maximum Gasteiger partial charge on any atom is 0.0700 e. The van der Waals surface area contributed by atoms with Crippen molar-refractivity contribution < 1.29 is 0 Å². The molecule has 0 spiro atoms. The lowest BCUT2D eigenvalue weighted by Gasteiger charge is -2.01. The number of hydrogen-bond donors (Lipinski definition) is 1. The average molecular weight is 146 g/mol. The lowest BCUT2D eigenvalue weighted by Crippen LogP contribution is -1.90. The van der Waals surface area contributed by atoms with Gasteiger partial charge in [0.05, 0.1) is 12.0 Å². The Kier molecular flexibility index (Phi) is 2.12. The average Bonchev–Trinajstić information content (AvgIpc) is 2.05. The molecule has 0 bridgehead atoms. The molecule has 0 aliphatic heterocycles. The van der Waals surface area contributed by atoms with Gasteiger partial charge in [0.15, 0.2) is 0 Å². The van der Waals surface area contributed by atoms with Crippen molar-refractivity contribution in [2.45, 2.75) is 12.8 Å². The van der Waals surface area contributed by atoms with E-state index in [0.29, 0.717) is 0 Å². The molecule has 0 amide bonds. The third-order valence-corrected chi connectivity index (χ3v) is 1.63. The van der Waals surface area contributed by atoms with Crippen LogP contribution in [0, 0.1) is 11.3 Å². The molecule has 0 saturated carbocycles. The first kappa shape index (κ1) is 7.62. The van der Waals surface area contributed by atoms with Crippen LogP contribution in [0.3, 0.4) is 0 Å². The number of nitrogens with two attached hydrogens (primary N) is 1. The second-order valence-electron chi connectivity index (χ2n) is 2.52. The number of nitrogens with zero attached hydrogens (tertiary/aromatic N) is 1. The summed E-state index contributed by atoms with van der Waals surface area (Å²) in [7, 11) is 0. The van der Waals surface area contributed by atoms with E-state index < -0.39 is 0 Å². The molecule has 0 saturated heterocycles. The standard InChI is InChI=1S/C9H10N2/c1-7(6-10)8-2-4-9(11)5-3-8/h2-5,7H,11H2,1H3. The van der Waals surface area contributed by atoms with E-state index in [1.165, 1.54) is 0 Å². The summed E-state index contributed by atoms with van der Waals surface area (Å²) in [6.45, 7) is 1.87. The molecular formula is C9H10N2. The van der Waals surface area contributed by atoms with Crippen LogP contribution in [0.5, 0.6) is 0 Å². The maximum atomic E-state index is 8.58. The largest absolute Gasteiger partial charge is 0.399 e. The van der Waals surface area contributed by atoms with Crippen LogP contribution in [0.1, 0.15) is 18.4 Å². The first-order chi connectivity index (χ1) is 5.24. The summed E-state index contributed by atoms with van der Waals surface area (Å²) in [6.07, 6.45) is 0. The van der Waals surface area contributed by atoms with Gasteiger partial charge in [-0.25, -0.2) is 0 Å². The Morgan fingerprint density at radius 1 is 1.36 bits per heavy atom. The highest BCUT2D eigenvalue weighted by molar-refractivity contribution is 5.41. The number of nitriles is 1. The lowest BCUT2D eigenvalue weighted by atomic mass is 10.0. The summed E-state index contributed by atoms with van der Waals surface area (Å²) in [5, 5.41) is 8.58. The van der Waals surface area contributed by atoms with E-state index in [1.54, 1.807) is 0 Å². The molecule has 56 valence electrons. The van der Waals surface area contributed by atoms with E-state index in [1.807, 2.05) is 31.2 Å². The predicted octanol–water partition coefficient (Wildman–Crippen LogP) is 1.90. The molecule has 1 aromatic rings. The van der Waals surface area contributed by atoms with Gasteiger partial charge in [-0.3, -0.25) is 0 Å². The van der Waals surface area contributed by atoms with Gasteiger partial charge in [0.2, 0.25) is 0 Å².